The van der Waals surface area contributed by atoms with E-state index in [0.717, 1.165) is 5.56 Å². The topological polar surface area (TPSA) is 87.1 Å². The van der Waals surface area contributed by atoms with Gasteiger partial charge in [-0.3, -0.25) is 10.0 Å². The molecule has 0 bridgehead atoms. The van der Waals surface area contributed by atoms with Crippen LogP contribution in [0.3, 0.4) is 0 Å². The third kappa shape index (κ3) is 4.53. The predicted molar refractivity (Wildman–Crippen MR) is 85.7 cm³/mol. The Morgan fingerprint density at radius 2 is 1.64 bits per heavy atom. The molecule has 3 N–H and O–H groups in total. The summed E-state index contributed by atoms with van der Waals surface area (Å²) in [5, 5.41) is 11.7. The van der Waals surface area contributed by atoms with Crippen LogP contribution in [0.4, 0.5) is 5.95 Å². The van der Waals surface area contributed by atoms with Gasteiger partial charge in [-0.05, 0) is 19.4 Å². The van der Waals surface area contributed by atoms with Crippen LogP contribution in [-0.2, 0) is 5.54 Å². The number of carbonyl (C=O) groups is 1. The molecule has 2 aromatic rings. The lowest BCUT2D eigenvalue weighted by atomic mass is 9.95. The minimum atomic E-state index is -0.640. The van der Waals surface area contributed by atoms with Crippen LogP contribution in [-0.4, -0.2) is 21.1 Å². The van der Waals surface area contributed by atoms with Crippen molar-refractivity contribution >= 4 is 11.9 Å². The predicted octanol–water partition coefficient (Wildman–Crippen LogP) is 2.97. The summed E-state index contributed by atoms with van der Waals surface area (Å²) < 4.78 is 0. The summed E-state index contributed by atoms with van der Waals surface area (Å²) in [5.74, 6) is -0.229. The maximum absolute atomic E-state index is 11.2. The normalized spacial score (nSPS) is 10.2. The number of hydrogen-bond acceptors (Lipinski definition) is 5. The molecule has 2 rings (SSSR count). The second-order valence-corrected chi connectivity index (χ2v) is 4.85. The van der Waals surface area contributed by atoms with Gasteiger partial charge in [0.1, 0.15) is 0 Å². The summed E-state index contributed by atoms with van der Waals surface area (Å²) in [6.07, 6.45) is 2.70. The highest BCUT2D eigenvalue weighted by Crippen LogP contribution is 2.23. The molecule has 0 spiro atoms. The smallest absolute Gasteiger partial charge is 0.277 e. The average Bonchev–Trinajstić information content (AvgIpc) is 2.57. The first kappa shape index (κ1) is 17.6. The summed E-state index contributed by atoms with van der Waals surface area (Å²) in [6.45, 7) is 8.03. The minimum Gasteiger partial charge on any atom is -0.345 e. The number of rotatable bonds is 4. The molecule has 118 valence electrons. The SMILES string of the molecule is CC.CC(C)(Nc1ncc(C(=O)NO)cn1)c1ccccc1. The second kappa shape index (κ2) is 8.09. The van der Waals surface area contributed by atoms with E-state index in [9.17, 15) is 4.79 Å². The Balaban J connectivity index is 0.00000116. The van der Waals surface area contributed by atoms with Crippen LogP contribution in [0.5, 0.6) is 0 Å². The molecule has 1 heterocycles. The number of nitrogens with one attached hydrogen (secondary N) is 2. The van der Waals surface area contributed by atoms with E-state index in [-0.39, 0.29) is 11.1 Å². The molecule has 0 aliphatic carbocycles. The van der Waals surface area contributed by atoms with Gasteiger partial charge in [0.15, 0.2) is 0 Å². The second-order valence-electron chi connectivity index (χ2n) is 4.85. The first-order valence-electron chi connectivity index (χ1n) is 7.13. The summed E-state index contributed by atoms with van der Waals surface area (Å²) in [5.41, 5.74) is 2.48. The highest BCUT2D eigenvalue weighted by Gasteiger charge is 2.21. The van der Waals surface area contributed by atoms with Crippen LogP contribution in [0, 0.1) is 0 Å². The summed E-state index contributed by atoms with van der Waals surface area (Å²) in [4.78, 5) is 19.3. The molecule has 1 aromatic heterocycles. The van der Waals surface area contributed by atoms with Crippen LogP contribution in [0.25, 0.3) is 0 Å². The Hall–Kier alpha value is -2.47. The van der Waals surface area contributed by atoms with E-state index < -0.39 is 5.91 Å². The molecule has 0 fully saturated rings. The van der Waals surface area contributed by atoms with E-state index in [4.69, 9.17) is 5.21 Å². The number of amides is 1. The zero-order valence-corrected chi connectivity index (χ0v) is 13.3. The average molecular weight is 302 g/mol. The van der Waals surface area contributed by atoms with Crippen molar-refractivity contribution in [3.63, 3.8) is 0 Å². The van der Waals surface area contributed by atoms with Gasteiger partial charge in [0, 0.05) is 12.4 Å². The Labute approximate surface area is 130 Å². The van der Waals surface area contributed by atoms with Crippen molar-refractivity contribution in [1.82, 2.24) is 15.4 Å². The Kier molecular flexibility index (Phi) is 6.47. The maximum atomic E-state index is 11.2. The monoisotopic (exact) mass is 302 g/mol. The fourth-order valence-electron chi connectivity index (χ4n) is 1.78. The molecule has 0 unspecified atom stereocenters. The van der Waals surface area contributed by atoms with E-state index in [0.29, 0.717) is 5.95 Å². The first-order valence-corrected chi connectivity index (χ1v) is 7.13. The van der Waals surface area contributed by atoms with Crippen LogP contribution in [0.1, 0.15) is 43.6 Å². The van der Waals surface area contributed by atoms with Gasteiger partial charge < -0.3 is 5.32 Å². The molecular weight excluding hydrogens is 280 g/mol. The number of carbonyl (C=O) groups excluding carboxylic acids is 1. The molecule has 0 saturated heterocycles. The van der Waals surface area contributed by atoms with Crippen molar-refractivity contribution in [3.8, 4) is 0 Å². The Bertz CT molecular complexity index is 583. The zero-order valence-electron chi connectivity index (χ0n) is 13.3. The van der Waals surface area contributed by atoms with Crippen LogP contribution in [0.15, 0.2) is 42.7 Å². The van der Waals surface area contributed by atoms with E-state index in [1.165, 1.54) is 17.9 Å². The molecule has 0 aliphatic rings. The summed E-state index contributed by atoms with van der Waals surface area (Å²) in [6, 6.07) is 9.92. The molecule has 6 nitrogen and oxygen atoms in total. The summed E-state index contributed by atoms with van der Waals surface area (Å²) in [7, 11) is 0. The van der Waals surface area contributed by atoms with E-state index in [1.54, 1.807) is 0 Å². The molecule has 0 aliphatic heterocycles. The molecule has 0 saturated carbocycles. The van der Waals surface area contributed by atoms with Crippen molar-refractivity contribution in [1.29, 1.82) is 0 Å². The number of hydroxylamine groups is 1. The standard InChI is InChI=1S/C14H16N4O2.C2H6/c1-14(2,11-6-4-3-5-7-11)17-13-15-8-10(9-16-13)12(19)18-20;1-2/h3-9,20H,1-2H3,(H,18,19)(H,15,16,17);1-2H3. The van der Waals surface area contributed by atoms with Gasteiger partial charge in [0.25, 0.3) is 5.91 Å². The van der Waals surface area contributed by atoms with Crippen LogP contribution in [0.2, 0.25) is 0 Å². The number of benzene rings is 1. The zero-order chi connectivity index (χ0) is 16.6. The number of nitrogens with zero attached hydrogens (tertiary/aromatic N) is 2. The number of hydrogen-bond donors (Lipinski definition) is 3. The van der Waals surface area contributed by atoms with Gasteiger partial charge in [0.05, 0.1) is 11.1 Å². The maximum Gasteiger partial charge on any atom is 0.277 e. The first-order chi connectivity index (χ1) is 10.5. The van der Waals surface area contributed by atoms with Gasteiger partial charge in [-0.1, -0.05) is 44.2 Å². The van der Waals surface area contributed by atoms with Crippen molar-refractivity contribution in [3.05, 3.63) is 53.9 Å². The van der Waals surface area contributed by atoms with Crippen LogP contribution < -0.4 is 10.8 Å². The van der Waals surface area contributed by atoms with Gasteiger partial charge in [0.2, 0.25) is 5.95 Å². The molecule has 0 atom stereocenters. The fraction of sp³-hybridized carbons (Fsp3) is 0.312. The van der Waals surface area contributed by atoms with Gasteiger partial charge in [-0.25, -0.2) is 15.4 Å². The Morgan fingerprint density at radius 3 is 2.14 bits per heavy atom. The summed E-state index contributed by atoms with van der Waals surface area (Å²) >= 11 is 0. The third-order valence-electron chi connectivity index (χ3n) is 2.94. The van der Waals surface area contributed by atoms with Crippen molar-refractivity contribution < 1.29 is 10.0 Å². The van der Waals surface area contributed by atoms with Crippen molar-refractivity contribution in [2.24, 2.45) is 0 Å². The third-order valence-corrected chi connectivity index (χ3v) is 2.94. The molecule has 6 heteroatoms. The van der Waals surface area contributed by atoms with Crippen LogP contribution >= 0.6 is 0 Å². The van der Waals surface area contributed by atoms with Gasteiger partial charge >= 0.3 is 0 Å². The quantitative estimate of drug-likeness (QED) is 0.597. The molecular formula is C16H22N4O2. The van der Waals surface area contributed by atoms with Gasteiger partial charge in [-0.15, -0.1) is 0 Å². The van der Waals surface area contributed by atoms with Crippen molar-refractivity contribution in [2.75, 3.05) is 5.32 Å². The minimum absolute atomic E-state index is 0.190. The molecule has 1 amide bonds. The lowest BCUT2D eigenvalue weighted by Crippen LogP contribution is -2.29. The number of aromatic nitrogens is 2. The molecule has 1 aromatic carbocycles. The molecule has 0 radical (unpaired) electrons. The van der Waals surface area contributed by atoms with E-state index >= 15 is 0 Å². The molecule has 22 heavy (non-hydrogen) atoms. The van der Waals surface area contributed by atoms with E-state index in [2.05, 4.69) is 15.3 Å². The number of anilines is 1. The largest absolute Gasteiger partial charge is 0.345 e. The van der Waals surface area contributed by atoms with E-state index in [1.807, 2.05) is 58.0 Å². The highest BCUT2D eigenvalue weighted by atomic mass is 16.5. The highest BCUT2D eigenvalue weighted by molar-refractivity contribution is 5.92. The lowest BCUT2D eigenvalue weighted by molar-refractivity contribution is 0.0705. The van der Waals surface area contributed by atoms with Gasteiger partial charge in [-0.2, -0.15) is 0 Å². The Morgan fingerprint density at radius 1 is 1.09 bits per heavy atom. The fourth-order valence-corrected chi connectivity index (χ4v) is 1.78. The lowest BCUT2D eigenvalue weighted by Gasteiger charge is -2.26. The van der Waals surface area contributed by atoms with Crippen molar-refractivity contribution in [2.45, 2.75) is 33.2 Å².